The minimum atomic E-state index is -4.59. The van der Waals surface area contributed by atoms with E-state index in [4.69, 9.17) is 51.2 Å². The Morgan fingerprint density at radius 1 is 0.338 bits per heavy atom. The molecule has 380 valence electrons. The highest BCUT2D eigenvalue weighted by Gasteiger charge is 2.67. The number of hydrogen-bond acceptors (Lipinski definition) is 15. The van der Waals surface area contributed by atoms with Crippen molar-refractivity contribution in [3.05, 3.63) is 36.5 Å². The minimum Gasteiger partial charge on any atom is -0.462 e. The molecule has 0 aromatic heterocycles. The molecule has 0 bridgehead atoms. The van der Waals surface area contributed by atoms with Crippen LogP contribution in [0.2, 0.25) is 143 Å². The summed E-state index contributed by atoms with van der Waals surface area (Å²) in [6.07, 6.45) is 1.08. The molecule has 0 heterocycles. The summed E-state index contributed by atoms with van der Waals surface area (Å²) in [5.41, 5.74) is 0.854. The van der Waals surface area contributed by atoms with Crippen molar-refractivity contribution in [3.63, 3.8) is 0 Å². The summed E-state index contributed by atoms with van der Waals surface area (Å²) in [5, 5.41) is 0. The Balaban J connectivity index is 8.68. The first-order valence-electron chi connectivity index (χ1n) is 22.6. The molecular weight excluding hydrogens is 1000 g/mol. The van der Waals surface area contributed by atoms with E-state index in [-0.39, 0.29) is 43.1 Å². The lowest BCUT2D eigenvalue weighted by molar-refractivity contribution is -0.139. The SMILES string of the molecule is C=C(C)C(=O)OCCC[Si](C)(O[Si](C)(C)C)O[Si](CCCOC(=O)C(=C)C)(CCCOC(=O)C(=C)C)O[Si](O[Si](C)(C)C)(O[Si](C)(C)C)O[Si](O[Si](C)(C)C)(O[Si](C)(C)C)O[Si](C)(C)C. The predicted molar refractivity (Wildman–Crippen MR) is 284 cm³/mol. The van der Waals surface area contributed by atoms with Gasteiger partial charge < -0.3 is 51.2 Å². The van der Waals surface area contributed by atoms with Gasteiger partial charge in [-0.15, -0.1) is 0 Å². The fourth-order valence-electron chi connectivity index (χ4n) is 5.96. The second kappa shape index (κ2) is 25.5. The zero-order chi connectivity index (χ0) is 51.3. The van der Waals surface area contributed by atoms with Crippen molar-refractivity contribution in [1.29, 1.82) is 0 Å². The summed E-state index contributed by atoms with van der Waals surface area (Å²) in [7, 11) is -31.5. The first-order valence-corrected chi connectivity index (χ1v) is 51.1. The van der Waals surface area contributed by atoms with E-state index in [1.807, 2.05) is 45.8 Å². The Labute approximate surface area is 405 Å². The summed E-state index contributed by atoms with van der Waals surface area (Å²) in [6, 6.07) is 0.966. The van der Waals surface area contributed by atoms with E-state index in [9.17, 15) is 14.4 Å². The molecule has 0 spiro atoms. The van der Waals surface area contributed by atoms with Gasteiger partial charge in [-0.3, -0.25) is 0 Å². The summed E-state index contributed by atoms with van der Waals surface area (Å²) in [6.45, 7) is 55.5. The van der Waals surface area contributed by atoms with Gasteiger partial charge in [-0.05, 0) is 183 Å². The summed E-state index contributed by atoms with van der Waals surface area (Å²) < 4.78 is 83.2. The summed E-state index contributed by atoms with van der Waals surface area (Å²) in [5.74, 6) is -1.51. The molecule has 0 saturated heterocycles. The normalized spacial score (nSPS) is 14.7. The topological polar surface area (TPSA) is 162 Å². The van der Waals surface area contributed by atoms with Gasteiger partial charge in [0.05, 0.1) is 19.8 Å². The van der Waals surface area contributed by atoms with Crippen molar-refractivity contribution in [2.45, 2.75) is 183 Å². The van der Waals surface area contributed by atoms with Crippen LogP contribution >= 0.6 is 0 Å². The van der Waals surface area contributed by atoms with Gasteiger partial charge >= 0.3 is 53.1 Å². The molecule has 0 N–H and O–H groups in total. The Morgan fingerprint density at radius 2 is 0.585 bits per heavy atom. The van der Waals surface area contributed by atoms with Gasteiger partial charge in [-0.25, -0.2) is 14.4 Å². The highest BCUT2D eigenvalue weighted by molar-refractivity contribution is 6.95. The van der Waals surface area contributed by atoms with Gasteiger partial charge in [0.25, 0.3) is 0 Å². The average Bonchev–Trinajstić information content (AvgIpc) is 3.01. The third-order valence-corrected chi connectivity index (χ3v) is 40.2. The van der Waals surface area contributed by atoms with Crippen LogP contribution in [0.3, 0.4) is 0 Å². The number of esters is 3. The molecule has 0 radical (unpaired) electrons. The van der Waals surface area contributed by atoms with E-state index in [1.54, 1.807) is 20.8 Å². The fourth-order valence-corrected chi connectivity index (χ4v) is 44.8. The molecule has 1 atom stereocenters. The van der Waals surface area contributed by atoms with E-state index in [0.29, 0.717) is 30.9 Å². The van der Waals surface area contributed by atoms with Crippen LogP contribution in [-0.4, -0.2) is 123 Å². The zero-order valence-corrected chi connectivity index (χ0v) is 54.6. The van der Waals surface area contributed by atoms with E-state index in [0.717, 1.165) is 0 Å². The molecule has 0 amide bonds. The quantitative estimate of drug-likeness (QED) is 0.0200. The molecule has 0 aromatic rings. The van der Waals surface area contributed by atoms with E-state index in [2.05, 4.69) is 98.3 Å². The van der Waals surface area contributed by atoms with Crippen molar-refractivity contribution in [2.24, 2.45) is 0 Å². The van der Waals surface area contributed by atoms with Crippen LogP contribution in [0, 0.1) is 0 Å². The highest BCUT2D eigenvalue weighted by atomic mass is 28.6. The summed E-state index contributed by atoms with van der Waals surface area (Å²) >= 11 is 0. The maximum Gasteiger partial charge on any atom is 0.643 e. The standard InChI is InChI=1S/C40H90O15Si10/c1-35(2)38(41)44-29-26-32-62(25,47-56(7,8)9)53-63(33-27-30-45-39(42)36(3)4,34-28-31-46-40(43)37(5)6)54-65(51-60(19,20)21,52-61(22,23)24)55-64(48-57(10,11)12,49-58(13,14)15)50-59(16,17)18/h1,3,5,26-34H2,2,4,6-25H3. The molecule has 15 nitrogen and oxygen atoms in total. The van der Waals surface area contributed by atoms with Gasteiger partial charge in [0.15, 0.2) is 49.9 Å². The molecule has 0 saturated carbocycles. The van der Waals surface area contributed by atoms with Crippen molar-refractivity contribution < 1.29 is 65.6 Å². The molecule has 0 aliphatic rings. The second-order valence-electron chi connectivity index (χ2n) is 22.7. The number of hydrogen-bond donors (Lipinski definition) is 0. The van der Waals surface area contributed by atoms with Crippen molar-refractivity contribution >= 4 is 103 Å². The Hall–Kier alpha value is -0.561. The van der Waals surface area contributed by atoms with Crippen LogP contribution in [0.5, 0.6) is 0 Å². The number of rotatable bonds is 33. The minimum absolute atomic E-state index is 0.0376. The van der Waals surface area contributed by atoms with E-state index in [1.165, 1.54) is 0 Å². The van der Waals surface area contributed by atoms with Gasteiger partial charge in [-0.1, -0.05) is 19.7 Å². The van der Waals surface area contributed by atoms with Crippen LogP contribution in [0.15, 0.2) is 36.5 Å². The largest absolute Gasteiger partial charge is 0.643 e. The number of carbonyl (C=O) groups is 3. The van der Waals surface area contributed by atoms with E-state index >= 15 is 0 Å². The molecule has 0 aromatic carbocycles. The Morgan fingerprint density at radius 3 is 0.831 bits per heavy atom. The molecule has 0 aliphatic carbocycles. The van der Waals surface area contributed by atoms with Crippen LogP contribution in [0.25, 0.3) is 0 Å². The van der Waals surface area contributed by atoms with Crippen molar-refractivity contribution in [2.75, 3.05) is 19.8 Å². The van der Waals surface area contributed by atoms with Gasteiger partial charge in [-0.2, -0.15) is 0 Å². The number of ether oxygens (including phenoxy) is 3. The molecule has 1 unspecified atom stereocenters. The lowest BCUT2D eigenvalue weighted by atomic mass is 10.4. The van der Waals surface area contributed by atoms with Gasteiger partial charge in [0, 0.05) is 16.7 Å². The molecule has 25 heteroatoms. The monoisotopic (exact) mass is 1090 g/mol. The second-order valence-corrected chi connectivity index (χ2v) is 63.0. The highest BCUT2D eigenvalue weighted by Crippen LogP contribution is 2.40. The first-order chi connectivity index (χ1) is 28.8. The molecular formula is C40H90O15Si10. The van der Waals surface area contributed by atoms with Crippen LogP contribution in [0.4, 0.5) is 0 Å². The van der Waals surface area contributed by atoms with Crippen LogP contribution in [-0.2, 0) is 65.6 Å². The van der Waals surface area contributed by atoms with Crippen molar-refractivity contribution in [1.82, 2.24) is 0 Å². The lowest BCUT2D eigenvalue weighted by Gasteiger charge is -2.49. The third-order valence-electron chi connectivity index (χ3n) is 7.57. The third kappa shape index (κ3) is 29.9. The fraction of sp³-hybridized carbons (Fsp3) is 0.775. The molecule has 0 fully saturated rings. The maximum atomic E-state index is 12.7. The average molecular weight is 1090 g/mol. The Kier molecular flexibility index (Phi) is 25.3. The predicted octanol–water partition coefficient (Wildman–Crippen LogP) is 11.1. The smallest absolute Gasteiger partial charge is 0.462 e. The number of carbonyl (C=O) groups excluding carboxylic acids is 3. The van der Waals surface area contributed by atoms with E-state index < -0.39 is 103 Å². The maximum absolute atomic E-state index is 12.7. The molecule has 0 aliphatic heterocycles. The van der Waals surface area contributed by atoms with Gasteiger partial charge in [0.1, 0.15) is 0 Å². The van der Waals surface area contributed by atoms with Crippen molar-refractivity contribution in [3.8, 4) is 0 Å². The van der Waals surface area contributed by atoms with Crippen LogP contribution < -0.4 is 0 Å². The molecule has 65 heavy (non-hydrogen) atoms. The first kappa shape index (κ1) is 64.4. The summed E-state index contributed by atoms with van der Waals surface area (Å²) in [4.78, 5) is 37.9. The molecule has 0 rings (SSSR count). The van der Waals surface area contributed by atoms with Crippen LogP contribution in [0.1, 0.15) is 40.0 Å². The lowest BCUT2D eigenvalue weighted by Crippen LogP contribution is -2.73. The zero-order valence-electron chi connectivity index (χ0n) is 44.6. The van der Waals surface area contributed by atoms with Gasteiger partial charge in [0.2, 0.25) is 0 Å². The Bertz CT molecular complexity index is 1520.